The minimum atomic E-state index is -0.350. The van der Waals surface area contributed by atoms with Crippen LogP contribution in [0.15, 0.2) is 97.6 Å². The molecule has 0 radical (unpaired) electrons. The summed E-state index contributed by atoms with van der Waals surface area (Å²) < 4.78 is 25.1. The molecule has 0 amide bonds. The van der Waals surface area contributed by atoms with Crippen molar-refractivity contribution in [3.05, 3.63) is 115 Å². The summed E-state index contributed by atoms with van der Waals surface area (Å²) in [6, 6.07) is 23.2. The van der Waals surface area contributed by atoms with Gasteiger partial charge in [-0.2, -0.15) is 9.78 Å². The van der Waals surface area contributed by atoms with Crippen LogP contribution in [0.25, 0.3) is 33.5 Å². The maximum atomic E-state index is 13.7. The number of hydrogen-bond donors (Lipinski definition) is 0. The van der Waals surface area contributed by atoms with Gasteiger partial charge in [-0.1, -0.05) is 47.5 Å². The fourth-order valence-electron chi connectivity index (χ4n) is 4.58. The maximum absolute atomic E-state index is 13.7. The van der Waals surface area contributed by atoms with Gasteiger partial charge in [0, 0.05) is 0 Å². The van der Waals surface area contributed by atoms with E-state index in [9.17, 15) is 4.79 Å². The van der Waals surface area contributed by atoms with Crippen LogP contribution in [0.2, 0.25) is 10.0 Å². The third-order valence-corrected chi connectivity index (χ3v) is 7.98. The average Bonchev–Trinajstić information content (AvgIpc) is 3.46. The van der Waals surface area contributed by atoms with Gasteiger partial charge >= 0.3 is 0 Å². The summed E-state index contributed by atoms with van der Waals surface area (Å²) in [4.78, 5) is 18.4. The molecule has 6 rings (SSSR count). The van der Waals surface area contributed by atoms with Gasteiger partial charge in [-0.3, -0.25) is 4.79 Å². The molecule has 6 aromatic rings. The first kappa shape index (κ1) is 28.8. The van der Waals surface area contributed by atoms with Gasteiger partial charge in [0.25, 0.3) is 5.56 Å². The Balaban J connectivity index is 1.39. The predicted molar refractivity (Wildman–Crippen MR) is 172 cm³/mol. The predicted octanol–water partition coefficient (Wildman–Crippen LogP) is 8.36. The van der Waals surface area contributed by atoms with Crippen molar-refractivity contribution >= 4 is 67.2 Å². The second-order valence-corrected chi connectivity index (χ2v) is 11.0. The zero-order valence-electron chi connectivity index (χ0n) is 22.8. The molecule has 43 heavy (non-hydrogen) atoms. The Morgan fingerprint density at radius 1 is 0.930 bits per heavy atom. The summed E-state index contributed by atoms with van der Waals surface area (Å²) in [5.74, 6) is 2.20. The van der Waals surface area contributed by atoms with Crippen molar-refractivity contribution in [2.24, 2.45) is 5.10 Å². The first-order chi connectivity index (χ1) is 20.9. The van der Waals surface area contributed by atoms with Gasteiger partial charge in [-0.15, -0.1) is 0 Å². The topological polar surface area (TPSA) is 88.1 Å². The lowest BCUT2D eigenvalue weighted by molar-refractivity contribution is 0.282. The van der Waals surface area contributed by atoms with Crippen LogP contribution in [-0.2, 0) is 6.61 Å². The lowest BCUT2D eigenvalue weighted by atomic mass is 10.2. The van der Waals surface area contributed by atoms with Gasteiger partial charge < -0.3 is 18.6 Å². The minimum Gasteiger partial charge on any atom is -0.496 e. The highest BCUT2D eigenvalue weighted by molar-refractivity contribution is 9.10. The van der Waals surface area contributed by atoms with E-state index in [1.807, 2.05) is 30.3 Å². The molecule has 8 nitrogen and oxygen atoms in total. The minimum absolute atomic E-state index is 0.239. The number of rotatable bonds is 8. The van der Waals surface area contributed by atoms with Gasteiger partial charge in [0.1, 0.15) is 17.9 Å². The molecule has 0 saturated heterocycles. The Kier molecular flexibility index (Phi) is 8.12. The van der Waals surface area contributed by atoms with Crippen LogP contribution in [0, 0.1) is 0 Å². The van der Waals surface area contributed by atoms with Crippen molar-refractivity contribution in [3.8, 4) is 28.8 Å². The third-order valence-electron chi connectivity index (χ3n) is 6.66. The molecule has 0 bridgehead atoms. The zero-order chi connectivity index (χ0) is 30.1. The number of ether oxygens (including phenoxy) is 3. The third kappa shape index (κ3) is 5.71. The van der Waals surface area contributed by atoms with Crippen molar-refractivity contribution in [2.45, 2.75) is 6.61 Å². The van der Waals surface area contributed by atoms with E-state index in [2.05, 4.69) is 21.0 Å². The summed E-state index contributed by atoms with van der Waals surface area (Å²) in [6.07, 6.45) is 1.54. The summed E-state index contributed by atoms with van der Waals surface area (Å²) in [7, 11) is 3.13. The molecule has 0 aliphatic heterocycles. The highest BCUT2D eigenvalue weighted by atomic mass is 79.9. The number of methoxy groups -OCH3 is 2. The second kappa shape index (κ2) is 12.1. The number of furan rings is 1. The fraction of sp³-hybridized carbons (Fsp3) is 0.0938. The van der Waals surface area contributed by atoms with Crippen molar-refractivity contribution in [2.75, 3.05) is 14.2 Å². The number of benzene rings is 4. The molecule has 0 saturated carbocycles. The number of fused-ring (bicyclic) bond motifs is 2. The highest BCUT2D eigenvalue weighted by Gasteiger charge is 2.18. The quantitative estimate of drug-likeness (QED) is 0.150. The first-order valence-corrected chi connectivity index (χ1v) is 14.5. The van der Waals surface area contributed by atoms with Crippen LogP contribution < -0.4 is 19.8 Å². The summed E-state index contributed by atoms with van der Waals surface area (Å²) in [6.45, 7) is 0.239. The van der Waals surface area contributed by atoms with E-state index in [1.54, 1.807) is 69.0 Å². The molecule has 4 aromatic carbocycles. The maximum Gasteiger partial charge on any atom is 0.282 e. The standard InChI is InChI=1S/C32H22BrCl2N3O5/c1-40-26-8-5-9-27-21(26)15-29(43-27)31-37-25-7-4-3-6-20(25)32(39)38(31)36-16-19-12-22(33)30(28(14-19)41-2)42-17-18-10-11-23(34)24(35)13-18/h3-16H,17H2,1-2H3. The van der Waals surface area contributed by atoms with Gasteiger partial charge in [0.15, 0.2) is 17.3 Å². The Labute approximate surface area is 264 Å². The first-order valence-electron chi connectivity index (χ1n) is 12.9. The van der Waals surface area contributed by atoms with Gasteiger partial charge in [0.2, 0.25) is 5.82 Å². The van der Waals surface area contributed by atoms with Crippen molar-refractivity contribution < 1.29 is 18.6 Å². The Hall–Kier alpha value is -4.31. The Morgan fingerprint density at radius 3 is 2.53 bits per heavy atom. The van der Waals surface area contributed by atoms with Crippen LogP contribution in [0.3, 0.4) is 0 Å². The molecule has 0 unspecified atom stereocenters. The average molecular weight is 679 g/mol. The van der Waals surface area contributed by atoms with Crippen LogP contribution in [0.4, 0.5) is 0 Å². The van der Waals surface area contributed by atoms with Gasteiger partial charge in [-0.05, 0) is 81.7 Å². The van der Waals surface area contributed by atoms with E-state index >= 15 is 0 Å². The summed E-state index contributed by atoms with van der Waals surface area (Å²) in [5, 5.41) is 6.64. The molecule has 2 aromatic heterocycles. The van der Waals surface area contributed by atoms with Gasteiger partial charge in [0.05, 0.1) is 51.2 Å². The SMILES string of the molecule is COc1cc(C=Nn2c(-c3cc4c(OC)cccc4o3)nc3ccccc3c2=O)cc(Br)c1OCc1ccc(Cl)c(Cl)c1. The van der Waals surface area contributed by atoms with E-state index < -0.39 is 0 Å². The molecule has 0 N–H and O–H groups in total. The van der Waals surface area contributed by atoms with E-state index in [0.29, 0.717) is 59.6 Å². The molecular weight excluding hydrogens is 657 g/mol. The van der Waals surface area contributed by atoms with Crippen LogP contribution in [0.1, 0.15) is 11.1 Å². The smallest absolute Gasteiger partial charge is 0.282 e. The molecule has 0 atom stereocenters. The Morgan fingerprint density at radius 2 is 1.74 bits per heavy atom. The number of halogens is 3. The monoisotopic (exact) mass is 677 g/mol. The highest BCUT2D eigenvalue weighted by Crippen LogP contribution is 2.37. The van der Waals surface area contributed by atoms with E-state index in [1.165, 1.54) is 4.68 Å². The van der Waals surface area contributed by atoms with Crippen LogP contribution in [-0.4, -0.2) is 30.1 Å². The van der Waals surface area contributed by atoms with Crippen molar-refractivity contribution in [3.63, 3.8) is 0 Å². The molecule has 0 fully saturated rings. The van der Waals surface area contributed by atoms with E-state index in [4.69, 9.17) is 46.8 Å². The lowest BCUT2D eigenvalue weighted by Crippen LogP contribution is -2.20. The summed E-state index contributed by atoms with van der Waals surface area (Å²) in [5.41, 5.74) is 2.25. The summed E-state index contributed by atoms with van der Waals surface area (Å²) >= 11 is 15.7. The lowest BCUT2D eigenvalue weighted by Gasteiger charge is -2.14. The van der Waals surface area contributed by atoms with Crippen LogP contribution >= 0.6 is 39.1 Å². The fourth-order valence-corrected chi connectivity index (χ4v) is 5.47. The zero-order valence-corrected chi connectivity index (χ0v) is 25.9. The number of para-hydroxylation sites is 1. The second-order valence-electron chi connectivity index (χ2n) is 9.37. The molecule has 0 spiro atoms. The molecule has 11 heteroatoms. The van der Waals surface area contributed by atoms with Crippen LogP contribution in [0.5, 0.6) is 17.2 Å². The number of hydrogen-bond acceptors (Lipinski definition) is 7. The van der Waals surface area contributed by atoms with Crippen molar-refractivity contribution in [1.29, 1.82) is 0 Å². The largest absolute Gasteiger partial charge is 0.496 e. The normalized spacial score (nSPS) is 11.5. The molecular formula is C32H22BrCl2N3O5. The van der Waals surface area contributed by atoms with E-state index in [0.717, 1.165) is 10.9 Å². The van der Waals surface area contributed by atoms with Gasteiger partial charge in [-0.25, -0.2) is 4.98 Å². The molecule has 0 aliphatic rings. The molecule has 216 valence electrons. The van der Waals surface area contributed by atoms with Crippen molar-refractivity contribution in [1.82, 2.24) is 9.66 Å². The number of aromatic nitrogens is 2. The number of nitrogens with zero attached hydrogens (tertiary/aromatic N) is 3. The van der Waals surface area contributed by atoms with E-state index in [-0.39, 0.29) is 18.0 Å². The molecule has 0 aliphatic carbocycles. The molecule has 2 heterocycles. The Bertz CT molecular complexity index is 2090.